The molecule has 0 unspecified atom stereocenters. The molecule has 1 saturated heterocycles. The fraction of sp³-hybridized carbons (Fsp3) is 0.280. The van der Waals surface area contributed by atoms with E-state index in [1.165, 1.54) is 0 Å². The van der Waals surface area contributed by atoms with Gasteiger partial charge in [-0.2, -0.15) is 0 Å². The molecule has 1 aliphatic heterocycles. The van der Waals surface area contributed by atoms with Crippen LogP contribution in [0.15, 0.2) is 65.7 Å². The molecule has 0 aliphatic carbocycles. The van der Waals surface area contributed by atoms with Crippen molar-refractivity contribution in [2.24, 2.45) is 0 Å². The molecular formula is C25H29N5O3S. The summed E-state index contributed by atoms with van der Waals surface area (Å²) in [7, 11) is -1.62. The van der Waals surface area contributed by atoms with Crippen LogP contribution in [0.4, 0.5) is 17.2 Å². The summed E-state index contributed by atoms with van der Waals surface area (Å²) < 4.78 is 28.2. The van der Waals surface area contributed by atoms with Crippen molar-refractivity contribution in [2.75, 3.05) is 48.2 Å². The van der Waals surface area contributed by atoms with Gasteiger partial charge in [0, 0.05) is 37.4 Å². The van der Waals surface area contributed by atoms with Crippen molar-refractivity contribution in [1.29, 1.82) is 0 Å². The number of rotatable bonds is 6. The normalized spacial score (nSPS) is 14.6. The summed E-state index contributed by atoms with van der Waals surface area (Å²) in [6.45, 7) is 7.45. The summed E-state index contributed by atoms with van der Waals surface area (Å²) in [6, 6.07) is 15.4. The number of hydrogen-bond acceptors (Lipinski definition) is 6. The number of hydrogen-bond donors (Lipinski definition) is 2. The van der Waals surface area contributed by atoms with Crippen LogP contribution in [0.1, 0.15) is 21.5 Å². The van der Waals surface area contributed by atoms with Gasteiger partial charge in [0.25, 0.3) is 15.9 Å². The van der Waals surface area contributed by atoms with E-state index in [1.807, 2.05) is 25.1 Å². The fourth-order valence-corrected chi connectivity index (χ4v) is 5.17. The van der Waals surface area contributed by atoms with Crippen LogP contribution in [0.3, 0.4) is 0 Å². The average molecular weight is 480 g/mol. The highest BCUT2D eigenvalue weighted by molar-refractivity contribution is 7.92. The van der Waals surface area contributed by atoms with E-state index in [9.17, 15) is 13.2 Å². The number of nitrogens with one attached hydrogen (secondary N) is 2. The second kappa shape index (κ2) is 9.82. The van der Waals surface area contributed by atoms with Crippen LogP contribution >= 0.6 is 0 Å². The van der Waals surface area contributed by atoms with Crippen LogP contribution < -0.4 is 14.9 Å². The van der Waals surface area contributed by atoms with Crippen LogP contribution in [0.5, 0.6) is 0 Å². The zero-order chi connectivity index (χ0) is 24.3. The van der Waals surface area contributed by atoms with E-state index in [4.69, 9.17) is 0 Å². The molecule has 1 amide bonds. The molecule has 9 heteroatoms. The first-order chi connectivity index (χ1) is 16.2. The Labute approximate surface area is 200 Å². The van der Waals surface area contributed by atoms with Gasteiger partial charge in [-0.15, -0.1) is 0 Å². The number of pyridine rings is 1. The summed E-state index contributed by atoms with van der Waals surface area (Å²) in [5.74, 6) is 0.602. The van der Waals surface area contributed by atoms with Gasteiger partial charge in [0.05, 0.1) is 16.8 Å². The van der Waals surface area contributed by atoms with Crippen molar-refractivity contribution in [3.05, 3.63) is 77.5 Å². The Kier molecular flexibility index (Phi) is 6.85. The third-order valence-corrected chi connectivity index (χ3v) is 7.39. The lowest BCUT2D eigenvalue weighted by Gasteiger charge is -2.33. The lowest BCUT2D eigenvalue weighted by atomic mass is 10.2. The first-order valence-electron chi connectivity index (χ1n) is 11.1. The Morgan fingerprint density at radius 3 is 2.24 bits per heavy atom. The summed E-state index contributed by atoms with van der Waals surface area (Å²) in [5, 5.41) is 2.84. The fourth-order valence-electron chi connectivity index (χ4n) is 3.78. The number of aryl methyl sites for hydroxylation is 2. The second-order valence-corrected chi connectivity index (χ2v) is 10.3. The summed E-state index contributed by atoms with van der Waals surface area (Å²) in [6.07, 6.45) is 1.65. The van der Waals surface area contributed by atoms with Gasteiger partial charge >= 0.3 is 0 Å². The van der Waals surface area contributed by atoms with E-state index < -0.39 is 10.0 Å². The monoisotopic (exact) mass is 479 g/mol. The SMILES string of the molecule is Cc1ccc(C)c(S(=O)(=O)Nc2ccc(C(=O)Nc3ccc(N4CCN(C)CC4)nc3)cc2)c1. The van der Waals surface area contributed by atoms with Crippen molar-refractivity contribution in [1.82, 2.24) is 9.88 Å². The molecule has 2 aromatic carbocycles. The van der Waals surface area contributed by atoms with Gasteiger partial charge in [0.2, 0.25) is 0 Å². The maximum atomic E-state index is 12.8. The van der Waals surface area contributed by atoms with Crippen molar-refractivity contribution in [2.45, 2.75) is 18.7 Å². The minimum atomic E-state index is -3.73. The van der Waals surface area contributed by atoms with Crippen molar-refractivity contribution in [3.63, 3.8) is 0 Å². The molecule has 0 atom stereocenters. The second-order valence-electron chi connectivity index (χ2n) is 8.60. The molecule has 2 heterocycles. The van der Waals surface area contributed by atoms with E-state index >= 15 is 0 Å². The molecule has 0 saturated carbocycles. The number of piperazine rings is 1. The molecule has 3 aromatic rings. The van der Waals surface area contributed by atoms with Crippen LogP contribution in [-0.4, -0.2) is 57.4 Å². The van der Waals surface area contributed by atoms with Gasteiger partial charge in [-0.1, -0.05) is 12.1 Å². The molecule has 2 N–H and O–H groups in total. The Morgan fingerprint density at radius 1 is 0.912 bits per heavy atom. The van der Waals surface area contributed by atoms with Gasteiger partial charge in [-0.25, -0.2) is 13.4 Å². The van der Waals surface area contributed by atoms with Gasteiger partial charge in [0.15, 0.2) is 0 Å². The van der Waals surface area contributed by atoms with Crippen molar-refractivity contribution >= 4 is 33.1 Å². The lowest BCUT2D eigenvalue weighted by molar-refractivity contribution is 0.102. The number of aromatic nitrogens is 1. The van der Waals surface area contributed by atoms with E-state index in [0.29, 0.717) is 22.5 Å². The van der Waals surface area contributed by atoms with Crippen molar-refractivity contribution < 1.29 is 13.2 Å². The van der Waals surface area contributed by atoms with Crippen LogP contribution in [0, 0.1) is 13.8 Å². The largest absolute Gasteiger partial charge is 0.354 e. The van der Waals surface area contributed by atoms with Crippen molar-refractivity contribution in [3.8, 4) is 0 Å². The van der Waals surface area contributed by atoms with Gasteiger partial charge in [-0.05, 0) is 74.5 Å². The Bertz CT molecular complexity index is 1270. The Hall–Kier alpha value is -3.43. The molecule has 1 aliphatic rings. The number of sulfonamides is 1. The highest BCUT2D eigenvalue weighted by Gasteiger charge is 2.18. The molecule has 0 radical (unpaired) electrons. The van der Waals surface area contributed by atoms with E-state index in [1.54, 1.807) is 49.5 Å². The molecule has 178 valence electrons. The first-order valence-corrected chi connectivity index (χ1v) is 12.6. The highest BCUT2D eigenvalue weighted by Crippen LogP contribution is 2.22. The minimum absolute atomic E-state index is 0.238. The smallest absolute Gasteiger partial charge is 0.262 e. The molecular weight excluding hydrogens is 450 g/mol. The third-order valence-electron chi connectivity index (χ3n) is 5.87. The summed E-state index contributed by atoms with van der Waals surface area (Å²) >= 11 is 0. The van der Waals surface area contributed by atoms with Gasteiger partial charge < -0.3 is 15.1 Å². The molecule has 1 aromatic heterocycles. The maximum absolute atomic E-state index is 12.8. The summed E-state index contributed by atoms with van der Waals surface area (Å²) in [4.78, 5) is 21.9. The van der Waals surface area contributed by atoms with E-state index in [0.717, 1.165) is 37.6 Å². The number of nitrogens with zero attached hydrogens (tertiary/aromatic N) is 3. The first kappa shape index (κ1) is 23.7. The quantitative estimate of drug-likeness (QED) is 0.562. The maximum Gasteiger partial charge on any atom is 0.262 e. The van der Waals surface area contributed by atoms with E-state index in [2.05, 4.69) is 31.9 Å². The topological polar surface area (TPSA) is 94.6 Å². The van der Waals surface area contributed by atoms with Gasteiger partial charge in [-0.3, -0.25) is 9.52 Å². The Morgan fingerprint density at radius 2 is 1.59 bits per heavy atom. The van der Waals surface area contributed by atoms with Crippen LogP contribution in [0.25, 0.3) is 0 Å². The lowest BCUT2D eigenvalue weighted by Crippen LogP contribution is -2.44. The number of carbonyl (C=O) groups excluding carboxylic acids is 1. The predicted octanol–water partition coefficient (Wildman–Crippen LogP) is 3.50. The van der Waals surface area contributed by atoms with Crippen LogP contribution in [0.2, 0.25) is 0 Å². The molecule has 0 bridgehead atoms. The molecule has 0 spiro atoms. The zero-order valence-electron chi connectivity index (χ0n) is 19.6. The highest BCUT2D eigenvalue weighted by atomic mass is 32.2. The standard InChI is InChI=1S/C25H29N5O3S/c1-18-4-5-19(2)23(16-18)34(32,33)28-21-8-6-20(7-9-21)25(31)27-22-10-11-24(26-17-22)30-14-12-29(3)13-15-30/h4-11,16-17,28H,12-15H2,1-3H3,(H,27,31). The molecule has 8 nitrogen and oxygen atoms in total. The zero-order valence-corrected chi connectivity index (χ0v) is 20.4. The molecule has 34 heavy (non-hydrogen) atoms. The summed E-state index contributed by atoms with van der Waals surface area (Å²) in [5.41, 5.74) is 2.93. The van der Waals surface area contributed by atoms with E-state index in [-0.39, 0.29) is 10.8 Å². The number of likely N-dealkylation sites (N-methyl/N-ethyl adjacent to an activating group) is 1. The Balaban J connectivity index is 1.39. The minimum Gasteiger partial charge on any atom is -0.354 e. The third kappa shape index (κ3) is 5.55. The predicted molar refractivity (Wildman–Crippen MR) is 135 cm³/mol. The number of anilines is 3. The molecule has 4 rings (SSSR count). The van der Waals surface area contributed by atoms with Crippen LogP contribution in [-0.2, 0) is 10.0 Å². The number of amides is 1. The molecule has 1 fully saturated rings. The average Bonchev–Trinajstić information content (AvgIpc) is 2.82. The number of carbonyl (C=O) groups is 1. The van der Waals surface area contributed by atoms with Gasteiger partial charge in [0.1, 0.15) is 5.82 Å². The number of benzene rings is 2.